The van der Waals surface area contributed by atoms with E-state index in [1.807, 2.05) is 36.9 Å². The topological polar surface area (TPSA) is 66.5 Å². The Morgan fingerprint density at radius 1 is 1.00 bits per heavy atom. The van der Waals surface area contributed by atoms with Crippen LogP contribution < -0.4 is 5.32 Å². The van der Waals surface area contributed by atoms with Crippen LogP contribution in [0.4, 0.5) is 0 Å². The highest BCUT2D eigenvalue weighted by Gasteiger charge is 2.35. The number of hydrogen-bond donors (Lipinski definition) is 1. The Morgan fingerprint density at radius 3 is 2.31 bits per heavy atom. The Hall–Kier alpha value is -2.17. The fourth-order valence-corrected chi connectivity index (χ4v) is 3.42. The van der Waals surface area contributed by atoms with Crippen molar-refractivity contribution in [3.63, 3.8) is 0 Å². The van der Waals surface area contributed by atoms with Crippen LogP contribution in [-0.4, -0.2) is 41.6 Å². The lowest BCUT2D eigenvalue weighted by molar-refractivity contribution is -0.133. The van der Waals surface area contributed by atoms with E-state index in [1.54, 1.807) is 0 Å². The highest BCUT2D eigenvalue weighted by molar-refractivity contribution is 5.98. The third kappa shape index (κ3) is 4.71. The average Bonchev–Trinajstić information content (AvgIpc) is 3.47. The van der Waals surface area contributed by atoms with Crippen LogP contribution in [0, 0.1) is 19.8 Å². The number of nitrogens with zero attached hydrogens (tertiary/aromatic N) is 1. The first kappa shape index (κ1) is 18.6. The Bertz CT molecular complexity index is 701. The van der Waals surface area contributed by atoms with Crippen LogP contribution in [-0.2, 0) is 9.59 Å². The minimum absolute atomic E-state index is 0.00750. The number of rotatable bonds is 6. The number of nitrogens with one attached hydrogen (secondary N) is 1. The summed E-state index contributed by atoms with van der Waals surface area (Å²) in [5.41, 5.74) is 2.92. The number of carbonyl (C=O) groups excluding carboxylic acids is 3. The lowest BCUT2D eigenvalue weighted by Gasteiger charge is -2.32. The quantitative estimate of drug-likeness (QED) is 0.797. The van der Waals surface area contributed by atoms with Crippen molar-refractivity contribution in [2.75, 3.05) is 13.1 Å². The van der Waals surface area contributed by atoms with Crippen molar-refractivity contribution < 1.29 is 14.4 Å². The molecule has 2 aliphatic rings. The van der Waals surface area contributed by atoms with Crippen LogP contribution in [0.2, 0.25) is 0 Å². The van der Waals surface area contributed by atoms with Gasteiger partial charge in [0.15, 0.2) is 5.78 Å². The molecule has 0 aromatic heterocycles. The molecule has 1 aromatic rings. The summed E-state index contributed by atoms with van der Waals surface area (Å²) in [5.74, 6) is 0.480. The molecule has 1 heterocycles. The lowest BCUT2D eigenvalue weighted by Crippen LogP contribution is -2.47. The zero-order valence-corrected chi connectivity index (χ0v) is 15.7. The van der Waals surface area contributed by atoms with E-state index in [-0.39, 0.29) is 42.4 Å². The minimum atomic E-state index is -0.0749. The summed E-state index contributed by atoms with van der Waals surface area (Å²) in [6.07, 6.45) is 4.11. The van der Waals surface area contributed by atoms with Gasteiger partial charge in [0.1, 0.15) is 0 Å². The van der Waals surface area contributed by atoms with Gasteiger partial charge in [0.25, 0.3) is 0 Å². The largest absolute Gasteiger partial charge is 0.353 e. The fraction of sp³-hybridized carbons (Fsp3) is 0.571. The van der Waals surface area contributed by atoms with Crippen molar-refractivity contribution >= 4 is 17.6 Å². The second-order valence-electron chi connectivity index (χ2n) is 7.66. The molecule has 26 heavy (non-hydrogen) atoms. The summed E-state index contributed by atoms with van der Waals surface area (Å²) in [5, 5.41) is 3.02. The van der Waals surface area contributed by atoms with Gasteiger partial charge in [-0.3, -0.25) is 14.4 Å². The molecule has 0 unspecified atom stereocenters. The zero-order valence-electron chi connectivity index (χ0n) is 15.7. The van der Waals surface area contributed by atoms with Gasteiger partial charge in [0, 0.05) is 43.5 Å². The van der Waals surface area contributed by atoms with Gasteiger partial charge in [-0.1, -0.05) is 12.1 Å². The van der Waals surface area contributed by atoms with Crippen LogP contribution in [0.25, 0.3) is 0 Å². The van der Waals surface area contributed by atoms with E-state index in [2.05, 4.69) is 5.32 Å². The van der Waals surface area contributed by atoms with E-state index in [1.165, 1.54) is 0 Å². The Morgan fingerprint density at radius 2 is 1.69 bits per heavy atom. The molecular formula is C21H28N2O3. The van der Waals surface area contributed by atoms with Gasteiger partial charge in [-0.2, -0.15) is 0 Å². The smallest absolute Gasteiger partial charge is 0.225 e. The van der Waals surface area contributed by atoms with E-state index in [0.717, 1.165) is 49.9 Å². The molecule has 0 radical (unpaired) electrons. The molecule has 1 aliphatic carbocycles. The Kier molecular flexibility index (Phi) is 5.74. The van der Waals surface area contributed by atoms with Crippen molar-refractivity contribution in [3.8, 4) is 0 Å². The fourth-order valence-electron chi connectivity index (χ4n) is 3.42. The summed E-state index contributed by atoms with van der Waals surface area (Å²) < 4.78 is 0. The van der Waals surface area contributed by atoms with E-state index >= 15 is 0 Å². The Labute approximate surface area is 155 Å². The second-order valence-corrected chi connectivity index (χ2v) is 7.66. The predicted octanol–water partition coefficient (Wildman–Crippen LogP) is 2.78. The van der Waals surface area contributed by atoms with E-state index in [9.17, 15) is 14.4 Å². The molecule has 3 rings (SSSR count). The molecule has 0 spiro atoms. The third-order valence-corrected chi connectivity index (χ3v) is 5.51. The predicted molar refractivity (Wildman–Crippen MR) is 99.9 cm³/mol. The number of hydrogen-bond acceptors (Lipinski definition) is 3. The van der Waals surface area contributed by atoms with E-state index in [4.69, 9.17) is 0 Å². The second kappa shape index (κ2) is 8.02. The van der Waals surface area contributed by atoms with Crippen LogP contribution in [0.15, 0.2) is 18.2 Å². The monoisotopic (exact) mass is 356 g/mol. The maximum absolute atomic E-state index is 12.3. The van der Waals surface area contributed by atoms with Gasteiger partial charge in [-0.05, 0) is 56.7 Å². The lowest BCUT2D eigenvalue weighted by atomic mass is 10.0. The molecule has 1 aliphatic heterocycles. The van der Waals surface area contributed by atoms with Crippen LogP contribution >= 0.6 is 0 Å². The number of ketones is 1. The highest BCUT2D eigenvalue weighted by Crippen LogP contribution is 2.31. The van der Waals surface area contributed by atoms with Crippen molar-refractivity contribution in [1.82, 2.24) is 10.2 Å². The number of likely N-dealkylation sites (tertiary alicyclic amines) is 1. The van der Waals surface area contributed by atoms with Gasteiger partial charge in [0.2, 0.25) is 11.8 Å². The minimum Gasteiger partial charge on any atom is -0.353 e. The van der Waals surface area contributed by atoms with Gasteiger partial charge >= 0.3 is 0 Å². The maximum Gasteiger partial charge on any atom is 0.225 e. The van der Waals surface area contributed by atoms with Gasteiger partial charge in [-0.15, -0.1) is 0 Å². The molecule has 5 nitrogen and oxygen atoms in total. The Balaban J connectivity index is 1.39. The van der Waals surface area contributed by atoms with Crippen molar-refractivity contribution in [3.05, 3.63) is 34.9 Å². The van der Waals surface area contributed by atoms with Gasteiger partial charge in [0.05, 0.1) is 0 Å². The van der Waals surface area contributed by atoms with Crippen molar-refractivity contribution in [2.24, 2.45) is 5.92 Å². The van der Waals surface area contributed by atoms with E-state index < -0.39 is 0 Å². The average molecular weight is 356 g/mol. The normalized spacial score (nSPS) is 17.8. The van der Waals surface area contributed by atoms with E-state index in [0.29, 0.717) is 5.56 Å². The molecule has 1 saturated carbocycles. The summed E-state index contributed by atoms with van der Waals surface area (Å²) in [4.78, 5) is 38.4. The van der Waals surface area contributed by atoms with Crippen molar-refractivity contribution in [1.29, 1.82) is 0 Å². The van der Waals surface area contributed by atoms with Gasteiger partial charge < -0.3 is 10.2 Å². The van der Waals surface area contributed by atoms with Gasteiger partial charge in [-0.25, -0.2) is 0 Å². The number of amides is 2. The van der Waals surface area contributed by atoms with Crippen LogP contribution in [0.5, 0.6) is 0 Å². The molecule has 2 amide bonds. The number of Topliss-reactive ketones (excluding diaryl/α,β-unsaturated/α-hetero) is 1. The first-order valence-corrected chi connectivity index (χ1v) is 9.62. The summed E-state index contributed by atoms with van der Waals surface area (Å²) in [6.45, 7) is 5.45. The summed E-state index contributed by atoms with van der Waals surface area (Å²) in [6, 6.07) is 5.78. The molecular weight excluding hydrogens is 328 g/mol. The zero-order chi connectivity index (χ0) is 18.7. The molecule has 2 fully saturated rings. The molecule has 5 heteroatoms. The highest BCUT2D eigenvalue weighted by atomic mass is 16.2. The van der Waals surface area contributed by atoms with Crippen LogP contribution in [0.3, 0.4) is 0 Å². The molecule has 140 valence electrons. The number of aryl methyl sites for hydroxylation is 2. The van der Waals surface area contributed by atoms with Crippen LogP contribution in [0.1, 0.15) is 60.0 Å². The molecule has 0 bridgehead atoms. The first-order chi connectivity index (χ1) is 12.4. The summed E-state index contributed by atoms with van der Waals surface area (Å²) in [7, 11) is 0. The number of benzene rings is 1. The standard InChI is InChI=1S/C21H28N2O3/c1-14-3-4-17(13-15(14)2)19(24)7-8-20(25)22-18-9-11-23(12-10-18)21(26)16-5-6-16/h3-4,13,16,18H,5-12H2,1-2H3,(H,22,25). The summed E-state index contributed by atoms with van der Waals surface area (Å²) >= 11 is 0. The SMILES string of the molecule is Cc1ccc(C(=O)CCC(=O)NC2CCN(C(=O)C3CC3)CC2)cc1C. The molecule has 1 aromatic carbocycles. The number of piperidine rings is 1. The number of carbonyl (C=O) groups is 3. The first-order valence-electron chi connectivity index (χ1n) is 9.62. The third-order valence-electron chi connectivity index (χ3n) is 5.51. The van der Waals surface area contributed by atoms with Crippen molar-refractivity contribution in [2.45, 2.75) is 58.4 Å². The molecule has 1 N–H and O–H groups in total. The maximum atomic E-state index is 12.3. The molecule has 1 saturated heterocycles. The molecule has 0 atom stereocenters.